The SMILES string of the molecule is COc1cc([C@H]2OC[C@H]3[C@@H]2CO[C@H]3c2ccc3c(c2)OCO3)cc(OC)c1OC. The average molecular weight is 400 g/mol. The molecular weight excluding hydrogens is 376 g/mol. The molecule has 29 heavy (non-hydrogen) atoms. The highest BCUT2D eigenvalue weighted by Crippen LogP contribution is 2.52. The Balaban J connectivity index is 1.42. The molecule has 0 spiro atoms. The number of rotatable bonds is 5. The van der Waals surface area contributed by atoms with Crippen molar-refractivity contribution in [3.05, 3.63) is 41.5 Å². The van der Waals surface area contributed by atoms with Crippen LogP contribution in [0.15, 0.2) is 30.3 Å². The quantitative estimate of drug-likeness (QED) is 0.761. The zero-order chi connectivity index (χ0) is 20.0. The summed E-state index contributed by atoms with van der Waals surface area (Å²) in [7, 11) is 4.84. The third-order valence-electron chi connectivity index (χ3n) is 6.00. The highest BCUT2D eigenvalue weighted by atomic mass is 16.7. The van der Waals surface area contributed by atoms with E-state index < -0.39 is 0 Å². The van der Waals surface area contributed by atoms with Crippen LogP contribution in [0.5, 0.6) is 28.7 Å². The first-order valence-electron chi connectivity index (χ1n) is 9.66. The van der Waals surface area contributed by atoms with E-state index in [1.807, 2.05) is 30.3 Å². The molecular formula is C22H24O7. The lowest BCUT2D eigenvalue weighted by Gasteiger charge is -2.20. The van der Waals surface area contributed by atoms with E-state index in [1.54, 1.807) is 21.3 Å². The Bertz CT molecular complexity index is 887. The smallest absolute Gasteiger partial charge is 0.231 e. The molecule has 2 saturated heterocycles. The van der Waals surface area contributed by atoms with Crippen LogP contribution in [-0.4, -0.2) is 41.3 Å². The molecule has 5 rings (SSSR count). The maximum Gasteiger partial charge on any atom is 0.231 e. The standard InChI is InChI=1S/C22H24O7/c1-23-18-7-13(8-19(24-2)22(18)25-3)21-15-10-26-20(14(15)9-27-21)12-4-5-16-17(6-12)29-11-28-16/h4-8,14-15,20-21H,9-11H2,1-3H3/t14-,15-,20-,21+/m0/s1. The summed E-state index contributed by atoms with van der Waals surface area (Å²) in [4.78, 5) is 0. The van der Waals surface area contributed by atoms with Gasteiger partial charge in [-0.1, -0.05) is 6.07 Å². The van der Waals surface area contributed by atoms with Crippen molar-refractivity contribution in [3.63, 3.8) is 0 Å². The van der Waals surface area contributed by atoms with Gasteiger partial charge in [0.15, 0.2) is 23.0 Å². The van der Waals surface area contributed by atoms with Crippen molar-refractivity contribution in [1.29, 1.82) is 0 Å². The number of ether oxygens (including phenoxy) is 7. The molecule has 0 unspecified atom stereocenters. The van der Waals surface area contributed by atoms with Gasteiger partial charge in [0.2, 0.25) is 12.5 Å². The maximum absolute atomic E-state index is 6.24. The Morgan fingerprint density at radius 3 is 1.97 bits per heavy atom. The maximum atomic E-state index is 6.24. The fraction of sp³-hybridized carbons (Fsp3) is 0.455. The fourth-order valence-electron chi connectivity index (χ4n) is 4.59. The largest absolute Gasteiger partial charge is 0.493 e. The van der Waals surface area contributed by atoms with Crippen molar-refractivity contribution in [2.24, 2.45) is 11.8 Å². The Labute approximate surface area is 169 Å². The van der Waals surface area contributed by atoms with Gasteiger partial charge in [0, 0.05) is 11.8 Å². The van der Waals surface area contributed by atoms with Gasteiger partial charge in [-0.3, -0.25) is 0 Å². The minimum atomic E-state index is -0.0901. The van der Waals surface area contributed by atoms with Crippen LogP contribution in [0, 0.1) is 11.8 Å². The third kappa shape index (κ3) is 2.96. The van der Waals surface area contributed by atoms with Crippen molar-refractivity contribution in [2.45, 2.75) is 12.2 Å². The van der Waals surface area contributed by atoms with Gasteiger partial charge in [0.05, 0.1) is 46.8 Å². The van der Waals surface area contributed by atoms with Crippen molar-refractivity contribution >= 4 is 0 Å². The molecule has 3 aliphatic heterocycles. The third-order valence-corrected chi connectivity index (χ3v) is 6.00. The van der Waals surface area contributed by atoms with Gasteiger partial charge in [-0.05, 0) is 35.4 Å². The number of hydrogen-bond acceptors (Lipinski definition) is 7. The summed E-state index contributed by atoms with van der Waals surface area (Å²) in [5.74, 6) is 3.89. The van der Waals surface area contributed by atoms with Crippen LogP contribution in [0.3, 0.4) is 0 Å². The lowest BCUT2D eigenvalue weighted by Crippen LogP contribution is -2.14. The highest BCUT2D eigenvalue weighted by molar-refractivity contribution is 5.54. The average Bonchev–Trinajstić information content (AvgIpc) is 3.47. The molecule has 3 heterocycles. The molecule has 2 aromatic carbocycles. The van der Waals surface area contributed by atoms with Crippen molar-refractivity contribution in [2.75, 3.05) is 41.3 Å². The highest BCUT2D eigenvalue weighted by Gasteiger charge is 2.48. The molecule has 0 N–H and O–H groups in total. The molecule has 0 aromatic heterocycles. The zero-order valence-electron chi connectivity index (χ0n) is 16.7. The van der Waals surface area contributed by atoms with Crippen LogP contribution in [0.2, 0.25) is 0 Å². The first-order chi connectivity index (χ1) is 14.2. The van der Waals surface area contributed by atoms with E-state index in [-0.39, 0.29) is 30.8 Å². The van der Waals surface area contributed by atoms with Crippen LogP contribution in [0.1, 0.15) is 23.3 Å². The summed E-state index contributed by atoms with van der Waals surface area (Å²) in [5.41, 5.74) is 2.10. The molecule has 154 valence electrons. The molecule has 2 aromatic rings. The van der Waals surface area contributed by atoms with E-state index in [9.17, 15) is 0 Å². The Morgan fingerprint density at radius 1 is 0.724 bits per heavy atom. The molecule has 0 amide bonds. The predicted molar refractivity (Wildman–Crippen MR) is 103 cm³/mol. The summed E-state index contributed by atoms with van der Waals surface area (Å²) in [6.07, 6.45) is -0.116. The van der Waals surface area contributed by atoms with Crippen molar-refractivity contribution in [1.82, 2.24) is 0 Å². The summed E-state index contributed by atoms with van der Waals surface area (Å²) < 4.78 is 39.8. The number of fused-ring (bicyclic) bond motifs is 2. The van der Waals surface area contributed by atoms with Gasteiger partial charge in [-0.2, -0.15) is 0 Å². The lowest BCUT2D eigenvalue weighted by molar-refractivity contribution is 0.0191. The van der Waals surface area contributed by atoms with Crippen LogP contribution >= 0.6 is 0 Å². The van der Waals surface area contributed by atoms with Gasteiger partial charge in [-0.25, -0.2) is 0 Å². The summed E-state index contributed by atoms with van der Waals surface area (Å²) in [6.45, 7) is 1.53. The molecule has 3 aliphatic rings. The van der Waals surface area contributed by atoms with E-state index in [2.05, 4.69) is 0 Å². The van der Waals surface area contributed by atoms with Gasteiger partial charge in [0.25, 0.3) is 0 Å². The van der Waals surface area contributed by atoms with Crippen LogP contribution < -0.4 is 23.7 Å². The molecule has 4 atom stereocenters. The summed E-state index contributed by atoms with van der Waals surface area (Å²) in [6, 6.07) is 9.93. The van der Waals surface area contributed by atoms with Gasteiger partial charge in [-0.15, -0.1) is 0 Å². The minimum Gasteiger partial charge on any atom is -0.493 e. The molecule has 0 aliphatic carbocycles. The second kappa shape index (κ2) is 7.31. The monoisotopic (exact) mass is 400 g/mol. The van der Waals surface area contributed by atoms with Crippen LogP contribution in [-0.2, 0) is 9.47 Å². The van der Waals surface area contributed by atoms with E-state index in [0.29, 0.717) is 30.5 Å². The van der Waals surface area contributed by atoms with E-state index >= 15 is 0 Å². The second-order valence-corrected chi connectivity index (χ2v) is 7.41. The van der Waals surface area contributed by atoms with E-state index in [0.717, 1.165) is 22.6 Å². The zero-order valence-corrected chi connectivity index (χ0v) is 16.7. The lowest BCUT2D eigenvalue weighted by atomic mass is 9.85. The van der Waals surface area contributed by atoms with Crippen LogP contribution in [0.25, 0.3) is 0 Å². The fourth-order valence-corrected chi connectivity index (χ4v) is 4.59. The van der Waals surface area contributed by atoms with E-state index in [1.165, 1.54) is 0 Å². The van der Waals surface area contributed by atoms with Gasteiger partial charge < -0.3 is 33.2 Å². The van der Waals surface area contributed by atoms with E-state index in [4.69, 9.17) is 33.2 Å². The Morgan fingerprint density at radius 2 is 1.34 bits per heavy atom. The Kier molecular flexibility index (Phi) is 4.64. The second-order valence-electron chi connectivity index (χ2n) is 7.41. The molecule has 7 heteroatoms. The molecule has 7 nitrogen and oxygen atoms in total. The molecule has 0 radical (unpaired) electrons. The molecule has 0 saturated carbocycles. The Hall–Kier alpha value is -2.64. The normalized spacial score (nSPS) is 27.0. The summed E-state index contributed by atoms with van der Waals surface area (Å²) >= 11 is 0. The number of hydrogen-bond donors (Lipinski definition) is 0. The van der Waals surface area contributed by atoms with Gasteiger partial charge >= 0.3 is 0 Å². The first-order valence-corrected chi connectivity index (χ1v) is 9.66. The minimum absolute atomic E-state index is 0.0264. The number of methoxy groups -OCH3 is 3. The van der Waals surface area contributed by atoms with Crippen LogP contribution in [0.4, 0.5) is 0 Å². The van der Waals surface area contributed by atoms with Gasteiger partial charge in [0.1, 0.15) is 0 Å². The molecule has 0 bridgehead atoms. The predicted octanol–water partition coefficient (Wildman–Crippen LogP) is 3.52. The number of benzene rings is 2. The topological polar surface area (TPSA) is 64.6 Å². The van der Waals surface area contributed by atoms with Crippen molar-refractivity contribution < 1.29 is 33.2 Å². The summed E-state index contributed by atoms with van der Waals surface area (Å²) in [5, 5.41) is 0. The molecule has 2 fully saturated rings. The first kappa shape index (κ1) is 18.4. The van der Waals surface area contributed by atoms with Crippen molar-refractivity contribution in [3.8, 4) is 28.7 Å².